The van der Waals surface area contributed by atoms with Gasteiger partial charge in [0.15, 0.2) is 0 Å². The van der Waals surface area contributed by atoms with E-state index in [9.17, 15) is 5.11 Å². The van der Waals surface area contributed by atoms with Crippen LogP contribution < -0.4 is 4.74 Å². The molecule has 2 nitrogen and oxygen atoms in total. The number of rotatable bonds is 2. The standard InChI is InChI=1S/C19H24Br2O2/c1-5-6-11-15(20)17(22)14-12-9-10(2)7-8-13(12)19(3,4)23-18(14)16(11)21/h9,12-13,22H,5-8H2,1-4H3/t12-,13?/m1/s1. The second-order valence-corrected chi connectivity index (χ2v) is 8.92. The summed E-state index contributed by atoms with van der Waals surface area (Å²) in [5.74, 6) is 1.78. The summed E-state index contributed by atoms with van der Waals surface area (Å²) in [6.07, 6.45) is 6.46. The molecule has 1 aromatic rings. The summed E-state index contributed by atoms with van der Waals surface area (Å²) in [4.78, 5) is 0. The van der Waals surface area contributed by atoms with Crippen LogP contribution in [0.25, 0.3) is 0 Å². The van der Waals surface area contributed by atoms with Crippen LogP contribution in [0.1, 0.15) is 64.0 Å². The third-order valence-corrected chi connectivity index (χ3v) is 6.97. The van der Waals surface area contributed by atoms with E-state index in [1.807, 2.05) is 0 Å². The second kappa shape index (κ2) is 6.11. The minimum Gasteiger partial charge on any atom is -0.506 e. The van der Waals surface area contributed by atoms with E-state index >= 15 is 0 Å². The maximum absolute atomic E-state index is 10.9. The molecule has 126 valence electrons. The van der Waals surface area contributed by atoms with Crippen LogP contribution >= 0.6 is 31.9 Å². The first kappa shape index (κ1) is 17.3. The van der Waals surface area contributed by atoms with E-state index in [2.05, 4.69) is 65.6 Å². The Kier molecular flexibility index (Phi) is 4.61. The Bertz CT molecular complexity index is 677. The fourth-order valence-electron chi connectivity index (χ4n) is 4.07. The summed E-state index contributed by atoms with van der Waals surface area (Å²) in [7, 11) is 0. The molecule has 1 heterocycles. The Balaban J connectivity index is 2.27. The van der Waals surface area contributed by atoms with Gasteiger partial charge in [0.2, 0.25) is 0 Å². The van der Waals surface area contributed by atoms with Crippen molar-refractivity contribution in [3.05, 3.63) is 31.7 Å². The van der Waals surface area contributed by atoms with Crippen LogP contribution in [-0.4, -0.2) is 10.7 Å². The Morgan fingerprint density at radius 2 is 2.00 bits per heavy atom. The summed E-state index contributed by atoms with van der Waals surface area (Å²) in [6, 6.07) is 0. The van der Waals surface area contributed by atoms with Gasteiger partial charge in [0.25, 0.3) is 0 Å². The molecule has 0 amide bonds. The van der Waals surface area contributed by atoms with Gasteiger partial charge in [0, 0.05) is 17.4 Å². The Morgan fingerprint density at radius 1 is 1.30 bits per heavy atom. The molecule has 0 saturated heterocycles. The highest BCUT2D eigenvalue weighted by Crippen LogP contribution is 2.57. The first-order valence-corrected chi connectivity index (χ1v) is 9.95. The molecule has 1 aliphatic carbocycles. The largest absolute Gasteiger partial charge is 0.506 e. The fourth-order valence-corrected chi connectivity index (χ4v) is 5.64. The predicted octanol–water partition coefficient (Wildman–Crippen LogP) is 6.48. The van der Waals surface area contributed by atoms with E-state index < -0.39 is 0 Å². The number of hydrogen-bond donors (Lipinski definition) is 1. The molecule has 4 heteroatoms. The van der Waals surface area contributed by atoms with Gasteiger partial charge in [0.05, 0.1) is 8.95 Å². The van der Waals surface area contributed by atoms with Crippen molar-refractivity contribution in [2.45, 2.75) is 64.9 Å². The van der Waals surface area contributed by atoms with E-state index in [4.69, 9.17) is 4.74 Å². The molecule has 1 aliphatic heterocycles. The molecular formula is C19H24Br2O2. The number of aromatic hydroxyl groups is 1. The Hall–Kier alpha value is -0.480. The molecule has 0 fully saturated rings. The van der Waals surface area contributed by atoms with Crippen molar-refractivity contribution in [1.82, 2.24) is 0 Å². The van der Waals surface area contributed by atoms with Crippen molar-refractivity contribution in [2.24, 2.45) is 5.92 Å². The molecule has 2 aliphatic rings. The summed E-state index contributed by atoms with van der Waals surface area (Å²) >= 11 is 7.36. The minimum atomic E-state index is -0.235. The third-order valence-electron chi connectivity index (χ3n) is 5.28. The lowest BCUT2D eigenvalue weighted by Crippen LogP contribution is -2.45. The Morgan fingerprint density at radius 3 is 2.65 bits per heavy atom. The quantitative estimate of drug-likeness (QED) is 0.530. The van der Waals surface area contributed by atoms with Gasteiger partial charge >= 0.3 is 0 Å². The van der Waals surface area contributed by atoms with Crippen molar-refractivity contribution in [2.75, 3.05) is 0 Å². The number of fused-ring (bicyclic) bond motifs is 3. The maximum Gasteiger partial charge on any atom is 0.142 e. The van der Waals surface area contributed by atoms with Crippen LogP contribution in [0, 0.1) is 5.92 Å². The highest BCUT2D eigenvalue weighted by molar-refractivity contribution is 9.11. The number of allylic oxidation sites excluding steroid dienone is 2. The van der Waals surface area contributed by atoms with Crippen molar-refractivity contribution >= 4 is 31.9 Å². The number of ether oxygens (including phenoxy) is 1. The zero-order valence-electron chi connectivity index (χ0n) is 14.2. The van der Waals surface area contributed by atoms with Gasteiger partial charge in [-0.25, -0.2) is 0 Å². The van der Waals surface area contributed by atoms with Gasteiger partial charge in [-0.15, -0.1) is 0 Å². The van der Waals surface area contributed by atoms with Gasteiger partial charge < -0.3 is 9.84 Å². The predicted molar refractivity (Wildman–Crippen MR) is 101 cm³/mol. The SMILES string of the molecule is CCCc1c(Br)c(O)c2c(c1Br)OC(C)(C)C1CCC(C)=C[C@@H]21. The molecule has 1 N–H and O–H groups in total. The number of halogens is 2. The Labute approximate surface area is 155 Å². The fraction of sp³-hybridized carbons (Fsp3) is 0.579. The van der Waals surface area contributed by atoms with Crippen LogP contribution in [0.3, 0.4) is 0 Å². The molecule has 0 bridgehead atoms. The highest BCUT2D eigenvalue weighted by atomic mass is 79.9. The normalized spacial score (nSPS) is 25.2. The zero-order chi connectivity index (χ0) is 16.9. The first-order valence-electron chi connectivity index (χ1n) is 8.36. The summed E-state index contributed by atoms with van der Waals surface area (Å²) < 4.78 is 8.22. The van der Waals surface area contributed by atoms with Gasteiger partial charge in [-0.3, -0.25) is 0 Å². The molecule has 2 atom stereocenters. The molecule has 0 spiro atoms. The number of benzene rings is 1. The molecule has 1 aromatic carbocycles. The van der Waals surface area contributed by atoms with E-state index in [1.165, 1.54) is 5.57 Å². The molecule has 0 aromatic heterocycles. The summed E-state index contributed by atoms with van der Waals surface area (Å²) in [6.45, 7) is 8.68. The van der Waals surface area contributed by atoms with E-state index in [0.717, 1.165) is 51.5 Å². The van der Waals surface area contributed by atoms with Gasteiger partial charge in [-0.05, 0) is 77.5 Å². The average Bonchev–Trinajstić information content (AvgIpc) is 2.48. The van der Waals surface area contributed by atoms with Crippen LogP contribution in [0.5, 0.6) is 11.5 Å². The van der Waals surface area contributed by atoms with Crippen LogP contribution in [-0.2, 0) is 6.42 Å². The maximum atomic E-state index is 10.9. The average molecular weight is 444 g/mol. The first-order chi connectivity index (χ1) is 10.8. The summed E-state index contributed by atoms with van der Waals surface area (Å²) in [5, 5.41) is 10.9. The second-order valence-electron chi connectivity index (χ2n) is 7.34. The van der Waals surface area contributed by atoms with Crippen molar-refractivity contribution in [1.29, 1.82) is 0 Å². The lowest BCUT2D eigenvalue weighted by atomic mass is 9.68. The molecule has 0 saturated carbocycles. The van der Waals surface area contributed by atoms with Gasteiger partial charge in [-0.1, -0.05) is 25.0 Å². The number of phenolic OH excluding ortho intramolecular Hbond substituents is 1. The molecule has 1 unspecified atom stereocenters. The lowest BCUT2D eigenvalue weighted by Gasteiger charge is -2.47. The summed E-state index contributed by atoms with van der Waals surface area (Å²) in [5.41, 5.74) is 3.20. The van der Waals surface area contributed by atoms with Gasteiger partial charge in [0.1, 0.15) is 17.1 Å². The molecular weight excluding hydrogens is 420 g/mol. The molecule has 3 rings (SSSR count). The lowest BCUT2D eigenvalue weighted by molar-refractivity contribution is 0.00983. The van der Waals surface area contributed by atoms with E-state index in [-0.39, 0.29) is 11.5 Å². The van der Waals surface area contributed by atoms with Gasteiger partial charge in [-0.2, -0.15) is 0 Å². The van der Waals surface area contributed by atoms with Crippen LogP contribution in [0.2, 0.25) is 0 Å². The monoisotopic (exact) mass is 442 g/mol. The van der Waals surface area contributed by atoms with E-state index in [0.29, 0.717) is 11.7 Å². The van der Waals surface area contributed by atoms with Crippen LogP contribution in [0.4, 0.5) is 0 Å². The van der Waals surface area contributed by atoms with Crippen LogP contribution in [0.15, 0.2) is 20.6 Å². The van der Waals surface area contributed by atoms with Crippen molar-refractivity contribution < 1.29 is 9.84 Å². The third kappa shape index (κ3) is 2.76. The minimum absolute atomic E-state index is 0.214. The number of phenols is 1. The van der Waals surface area contributed by atoms with Crippen molar-refractivity contribution in [3.63, 3.8) is 0 Å². The smallest absolute Gasteiger partial charge is 0.142 e. The zero-order valence-corrected chi connectivity index (χ0v) is 17.3. The topological polar surface area (TPSA) is 29.5 Å². The van der Waals surface area contributed by atoms with Crippen molar-refractivity contribution in [3.8, 4) is 11.5 Å². The molecule has 0 radical (unpaired) electrons. The highest BCUT2D eigenvalue weighted by Gasteiger charge is 2.46. The molecule has 23 heavy (non-hydrogen) atoms. The van der Waals surface area contributed by atoms with E-state index in [1.54, 1.807) is 0 Å². The number of hydrogen-bond acceptors (Lipinski definition) is 2.